The molecule has 96 valence electrons. The van der Waals surface area contributed by atoms with Crippen molar-refractivity contribution in [3.05, 3.63) is 42.4 Å². The molecule has 0 amide bonds. The van der Waals surface area contributed by atoms with Gasteiger partial charge in [0.1, 0.15) is 11.3 Å². The Balaban J connectivity index is 2.32. The summed E-state index contributed by atoms with van der Waals surface area (Å²) in [7, 11) is 0. The topological polar surface area (TPSA) is 103 Å². The smallest absolute Gasteiger partial charge is 0.342 e. The van der Waals surface area contributed by atoms with E-state index in [0.29, 0.717) is 11.5 Å². The molecule has 0 spiro atoms. The van der Waals surface area contributed by atoms with Gasteiger partial charge in [0.25, 0.3) is 0 Å². The van der Waals surface area contributed by atoms with E-state index in [-0.39, 0.29) is 22.8 Å². The van der Waals surface area contributed by atoms with Crippen LogP contribution in [0.1, 0.15) is 10.4 Å². The van der Waals surface area contributed by atoms with Crippen molar-refractivity contribution in [2.75, 3.05) is 5.73 Å². The van der Waals surface area contributed by atoms with Gasteiger partial charge in [0, 0.05) is 0 Å². The zero-order valence-corrected chi connectivity index (χ0v) is 9.62. The van der Waals surface area contributed by atoms with Crippen LogP contribution in [0.25, 0.3) is 22.8 Å². The number of hydrogen-bond donors (Lipinski definition) is 2. The van der Waals surface area contributed by atoms with Crippen molar-refractivity contribution in [3.63, 3.8) is 0 Å². The first-order valence-corrected chi connectivity index (χ1v) is 5.41. The number of furan rings is 3. The van der Waals surface area contributed by atoms with Gasteiger partial charge < -0.3 is 24.1 Å². The maximum atomic E-state index is 11.3. The van der Waals surface area contributed by atoms with Crippen LogP contribution < -0.4 is 5.73 Å². The molecule has 0 fully saturated rings. The number of anilines is 1. The van der Waals surface area contributed by atoms with Gasteiger partial charge in [-0.2, -0.15) is 0 Å². The molecule has 0 saturated heterocycles. The molecular weight excluding hydrogens is 250 g/mol. The number of carboxylic acid groups (broad SMARTS) is 1. The molecule has 0 aliphatic rings. The Bertz CT molecular complexity index is 707. The summed E-state index contributed by atoms with van der Waals surface area (Å²) < 4.78 is 15.8. The van der Waals surface area contributed by atoms with Crippen LogP contribution in [0.15, 0.2) is 50.0 Å². The van der Waals surface area contributed by atoms with Crippen LogP contribution in [0.2, 0.25) is 0 Å². The van der Waals surface area contributed by atoms with Gasteiger partial charge in [-0.1, -0.05) is 0 Å². The molecule has 6 nitrogen and oxygen atoms in total. The quantitative estimate of drug-likeness (QED) is 0.749. The largest absolute Gasteiger partial charge is 0.477 e. The monoisotopic (exact) mass is 259 g/mol. The molecule has 6 heteroatoms. The van der Waals surface area contributed by atoms with Crippen LogP contribution in [-0.2, 0) is 0 Å². The highest BCUT2D eigenvalue weighted by atomic mass is 16.4. The summed E-state index contributed by atoms with van der Waals surface area (Å²) in [6, 6.07) is 6.59. The lowest BCUT2D eigenvalue weighted by molar-refractivity contribution is 0.0698. The molecule has 0 aliphatic heterocycles. The van der Waals surface area contributed by atoms with E-state index < -0.39 is 5.97 Å². The first-order valence-electron chi connectivity index (χ1n) is 5.41. The standard InChI is InChI=1S/C13H9NO5/c14-12-10(13(15)16)9(7-3-1-5-17-7)11(19-12)8-4-2-6-18-8/h1-6H,14H2,(H,15,16). The summed E-state index contributed by atoms with van der Waals surface area (Å²) in [6.07, 6.45) is 2.90. The lowest BCUT2D eigenvalue weighted by atomic mass is 10.1. The molecule has 0 aromatic carbocycles. The predicted octanol–water partition coefficient (Wildman–Crippen LogP) is 3.08. The normalized spacial score (nSPS) is 10.7. The van der Waals surface area contributed by atoms with E-state index in [9.17, 15) is 9.90 Å². The molecular formula is C13H9NO5. The van der Waals surface area contributed by atoms with Crippen LogP contribution in [-0.4, -0.2) is 11.1 Å². The van der Waals surface area contributed by atoms with Gasteiger partial charge in [-0.15, -0.1) is 0 Å². The molecule has 3 heterocycles. The Labute approximate surface area is 107 Å². The number of nitrogens with two attached hydrogens (primary N) is 1. The van der Waals surface area contributed by atoms with Gasteiger partial charge in [-0.05, 0) is 24.3 Å². The second-order valence-corrected chi connectivity index (χ2v) is 3.81. The minimum Gasteiger partial charge on any atom is -0.477 e. The molecule has 0 radical (unpaired) electrons. The van der Waals surface area contributed by atoms with E-state index in [2.05, 4.69) is 0 Å². The molecule has 19 heavy (non-hydrogen) atoms. The summed E-state index contributed by atoms with van der Waals surface area (Å²) >= 11 is 0. The van der Waals surface area contributed by atoms with Gasteiger partial charge >= 0.3 is 5.97 Å². The Morgan fingerprint density at radius 3 is 2.26 bits per heavy atom. The highest BCUT2D eigenvalue weighted by Gasteiger charge is 2.28. The molecule has 0 aliphatic carbocycles. The Kier molecular flexibility index (Phi) is 2.42. The van der Waals surface area contributed by atoms with Crippen LogP contribution in [0.4, 0.5) is 5.88 Å². The Morgan fingerprint density at radius 1 is 1.11 bits per heavy atom. The summed E-state index contributed by atoms with van der Waals surface area (Å²) in [5.41, 5.74) is 5.76. The van der Waals surface area contributed by atoms with Crippen molar-refractivity contribution in [1.29, 1.82) is 0 Å². The molecule has 0 saturated carbocycles. The second-order valence-electron chi connectivity index (χ2n) is 3.81. The first kappa shape index (κ1) is 11.2. The van der Waals surface area contributed by atoms with E-state index >= 15 is 0 Å². The van der Waals surface area contributed by atoms with Crippen molar-refractivity contribution < 1.29 is 23.2 Å². The third kappa shape index (κ3) is 1.70. The average molecular weight is 259 g/mol. The number of hydrogen-bond acceptors (Lipinski definition) is 5. The molecule has 0 atom stereocenters. The molecule has 3 aromatic heterocycles. The SMILES string of the molecule is Nc1oc(-c2ccco2)c(-c2ccco2)c1C(=O)O. The Hall–Kier alpha value is -2.89. The van der Waals surface area contributed by atoms with E-state index in [4.69, 9.17) is 19.0 Å². The van der Waals surface area contributed by atoms with Crippen LogP contribution in [0.5, 0.6) is 0 Å². The zero-order valence-electron chi connectivity index (χ0n) is 9.62. The number of carboxylic acids is 1. The fraction of sp³-hybridized carbons (Fsp3) is 0. The fourth-order valence-corrected chi connectivity index (χ4v) is 1.90. The van der Waals surface area contributed by atoms with Crippen LogP contribution in [0.3, 0.4) is 0 Å². The van der Waals surface area contributed by atoms with Crippen molar-refractivity contribution >= 4 is 11.9 Å². The number of carbonyl (C=O) groups is 1. The minimum absolute atomic E-state index is 0.138. The minimum atomic E-state index is -1.19. The highest BCUT2D eigenvalue weighted by Crippen LogP contribution is 2.40. The fourth-order valence-electron chi connectivity index (χ4n) is 1.90. The maximum Gasteiger partial charge on any atom is 0.342 e. The lowest BCUT2D eigenvalue weighted by Gasteiger charge is -1.98. The highest BCUT2D eigenvalue weighted by molar-refractivity contribution is 6.03. The van der Waals surface area contributed by atoms with Crippen molar-refractivity contribution in [2.24, 2.45) is 0 Å². The molecule has 3 aromatic rings. The average Bonchev–Trinajstić information content (AvgIpc) is 3.08. The molecule has 3 rings (SSSR count). The number of rotatable bonds is 3. The third-order valence-electron chi connectivity index (χ3n) is 2.66. The van der Waals surface area contributed by atoms with Crippen molar-refractivity contribution in [1.82, 2.24) is 0 Å². The predicted molar refractivity (Wildman–Crippen MR) is 65.5 cm³/mol. The van der Waals surface area contributed by atoms with E-state index in [0.717, 1.165) is 0 Å². The first-order chi connectivity index (χ1) is 9.18. The van der Waals surface area contributed by atoms with E-state index in [1.54, 1.807) is 24.3 Å². The molecule has 0 unspecified atom stereocenters. The second kappa shape index (κ2) is 4.09. The lowest BCUT2D eigenvalue weighted by Crippen LogP contribution is -2.00. The summed E-state index contributed by atoms with van der Waals surface area (Å²) in [5.74, 6) is -0.416. The number of nitrogen functional groups attached to an aromatic ring is 1. The maximum absolute atomic E-state index is 11.3. The molecule has 3 N–H and O–H groups in total. The molecule has 0 bridgehead atoms. The van der Waals surface area contributed by atoms with Gasteiger partial charge in [-0.25, -0.2) is 4.79 Å². The van der Waals surface area contributed by atoms with E-state index in [1.807, 2.05) is 0 Å². The van der Waals surface area contributed by atoms with Gasteiger partial charge in [0.15, 0.2) is 11.5 Å². The number of aromatic carboxylic acids is 1. The van der Waals surface area contributed by atoms with Crippen molar-refractivity contribution in [3.8, 4) is 22.8 Å². The van der Waals surface area contributed by atoms with Gasteiger partial charge in [-0.3, -0.25) is 0 Å². The Morgan fingerprint density at radius 2 is 1.74 bits per heavy atom. The zero-order chi connectivity index (χ0) is 13.4. The van der Waals surface area contributed by atoms with Crippen LogP contribution >= 0.6 is 0 Å². The summed E-state index contributed by atoms with van der Waals surface area (Å²) in [4.78, 5) is 11.3. The van der Waals surface area contributed by atoms with E-state index in [1.165, 1.54) is 12.5 Å². The van der Waals surface area contributed by atoms with Crippen molar-refractivity contribution in [2.45, 2.75) is 0 Å². The third-order valence-corrected chi connectivity index (χ3v) is 2.66. The summed E-state index contributed by atoms with van der Waals surface area (Å²) in [5, 5.41) is 9.24. The van der Waals surface area contributed by atoms with Gasteiger partial charge in [0.05, 0.1) is 18.1 Å². The van der Waals surface area contributed by atoms with Crippen LogP contribution in [0, 0.1) is 0 Å². The summed E-state index contributed by atoms with van der Waals surface area (Å²) in [6.45, 7) is 0. The van der Waals surface area contributed by atoms with Gasteiger partial charge in [0.2, 0.25) is 5.88 Å².